The van der Waals surface area contributed by atoms with Crippen LogP contribution in [0.3, 0.4) is 0 Å². The van der Waals surface area contributed by atoms with E-state index in [1.54, 1.807) is 13.8 Å². The number of guanidine groups is 4. The summed E-state index contributed by atoms with van der Waals surface area (Å²) in [5, 5.41) is 49.9. The van der Waals surface area contributed by atoms with Gasteiger partial charge in [0.2, 0.25) is 59.1 Å². The predicted octanol–water partition coefficient (Wildman–Crippen LogP) is -8.64. The Kier molecular flexibility index (Phi) is 33.9. The molecule has 1 aromatic rings. The molecule has 0 radical (unpaired) electrons. The molecule has 1 fully saturated rings. The molecule has 0 aromatic heterocycles. The molecule has 10 amide bonds. The number of carboxylic acids is 1. The van der Waals surface area contributed by atoms with Gasteiger partial charge in [0.05, 0.1) is 19.1 Å². The molecule has 1 aliphatic heterocycles. The van der Waals surface area contributed by atoms with Crippen molar-refractivity contribution in [2.45, 2.75) is 165 Å². The Balaban J connectivity index is 2.41. The van der Waals surface area contributed by atoms with Crippen molar-refractivity contribution in [1.29, 1.82) is 0 Å². The summed E-state index contributed by atoms with van der Waals surface area (Å²) in [5.41, 5.74) is 55.3. The lowest BCUT2D eigenvalue weighted by Gasteiger charge is -2.31. The molecule has 0 bridgehead atoms. The van der Waals surface area contributed by atoms with E-state index in [9.17, 15) is 68.1 Å². The molecule has 1 aliphatic rings. The number of hydrogen-bond donors (Lipinski definition) is 21. The number of aliphatic hydroxyl groups is 1. The first kappa shape index (κ1) is 77.3. The number of aliphatic imine (C=N–C) groups is 4. The number of hydrogen-bond acceptors (Lipinski definition) is 18. The standard InChI is InChI=1S/C54H93N23O14/c1-27(2)23-35(45(85)73-36(24-29-14-16-30(79)17-15-29)46(86)72-34(50(90)91)12-7-21-68-54(63)64)74-48(88)39-13-8-22-77(39)49(89)37(25-40(56)80)75-44(84)33(11-6-20-67-53(61)62)70-41(81)28(3)69-43(83)32(10-5-19-66-52(59)60)71-47(87)38(26-78)76-42(82)31(55)9-4-18-65-51(57)58/h14-17,27-28,31-39,78-79H,4-13,18-26,55H2,1-3H3,(H2,56,80)(H,69,83)(H,70,81)(H,71,87)(H,72,86)(H,73,85)(H,74,88)(H,75,84)(H,76,82)(H,90,91)(H4,57,58,65)(H4,59,60,66)(H4,61,62,67)(H4,63,64,68)/t28-,31-,32-,33-,34-,35-,36-,37-,38-,39-/m0/s1. The van der Waals surface area contributed by atoms with Gasteiger partial charge in [0.25, 0.3) is 0 Å². The highest BCUT2D eigenvalue weighted by atomic mass is 16.4. The minimum absolute atomic E-state index is 0.00127. The number of phenolic OH excluding ortho intramolecular Hbond substituents is 1. The second-order valence-electron chi connectivity index (χ2n) is 21.9. The average Bonchev–Trinajstić information content (AvgIpc) is 3.91. The van der Waals surface area contributed by atoms with E-state index in [0.29, 0.717) is 12.0 Å². The predicted molar refractivity (Wildman–Crippen MR) is 333 cm³/mol. The fourth-order valence-electron chi connectivity index (χ4n) is 9.15. The Bertz CT molecular complexity index is 2750. The van der Waals surface area contributed by atoms with Crippen LogP contribution in [-0.4, -0.2) is 209 Å². The maximum Gasteiger partial charge on any atom is 0.326 e. The lowest BCUT2D eigenvalue weighted by molar-refractivity contribution is -0.143. The third-order valence-corrected chi connectivity index (χ3v) is 13.8. The number of nitrogens with one attached hydrogen (secondary N) is 8. The van der Waals surface area contributed by atoms with Crippen LogP contribution in [-0.2, 0) is 59.2 Å². The third-order valence-electron chi connectivity index (χ3n) is 13.8. The molecule has 1 heterocycles. The number of carbonyl (C=O) groups is 11. The molecule has 0 aliphatic carbocycles. The topological polar surface area (TPSA) is 658 Å². The van der Waals surface area contributed by atoms with Crippen LogP contribution >= 0.6 is 0 Å². The zero-order valence-electron chi connectivity index (χ0n) is 51.4. The molecule has 0 saturated carbocycles. The molecule has 2 rings (SSSR count). The molecule has 37 nitrogen and oxygen atoms in total. The zero-order chi connectivity index (χ0) is 68.5. The summed E-state index contributed by atoms with van der Waals surface area (Å²) in [5.74, 6) is -12.0. The van der Waals surface area contributed by atoms with Gasteiger partial charge >= 0.3 is 5.97 Å². The number of nitrogens with zero attached hydrogens (tertiary/aromatic N) is 5. The summed E-state index contributed by atoms with van der Waals surface area (Å²) in [7, 11) is 0. The molecule has 0 spiro atoms. The summed E-state index contributed by atoms with van der Waals surface area (Å²) < 4.78 is 0. The number of nitrogens with two attached hydrogens (primary N) is 10. The van der Waals surface area contributed by atoms with Gasteiger partial charge in [-0.1, -0.05) is 26.0 Å². The minimum Gasteiger partial charge on any atom is -0.508 e. The Labute approximate surface area is 525 Å². The Morgan fingerprint density at radius 2 is 0.945 bits per heavy atom. The number of phenols is 1. The van der Waals surface area contributed by atoms with Gasteiger partial charge in [-0.25, -0.2) is 4.79 Å². The summed E-state index contributed by atoms with van der Waals surface area (Å²) in [6.45, 7) is 3.91. The SMILES string of the molecule is CC(C)C[C@H](NC(=O)[C@@H]1CCCN1C(=O)[C@H](CC(N)=O)NC(=O)[C@H](CCCN=C(N)N)NC(=O)[C@H](C)NC(=O)[C@H](CCCN=C(N)N)NC(=O)[C@H](CO)NC(=O)[C@@H](N)CCCN=C(N)N)C(=O)N[C@@H](Cc1ccc(O)cc1)C(=O)N[C@@H](CCCN=C(N)N)C(=O)O. The van der Waals surface area contributed by atoms with Gasteiger partial charge in [0.15, 0.2) is 23.8 Å². The van der Waals surface area contributed by atoms with Gasteiger partial charge in [0, 0.05) is 39.1 Å². The molecule has 1 aromatic carbocycles. The molecular formula is C54H93N23O14. The van der Waals surface area contributed by atoms with Crippen LogP contribution in [0.25, 0.3) is 0 Å². The van der Waals surface area contributed by atoms with E-state index < -0.39 is 138 Å². The quantitative estimate of drug-likeness (QED) is 0.0164. The van der Waals surface area contributed by atoms with E-state index in [2.05, 4.69) is 62.5 Å². The van der Waals surface area contributed by atoms with Crippen molar-refractivity contribution in [3.63, 3.8) is 0 Å². The fourth-order valence-corrected chi connectivity index (χ4v) is 9.15. The van der Waals surface area contributed by atoms with Crippen molar-refractivity contribution in [3.8, 4) is 5.75 Å². The molecule has 508 valence electrons. The number of aromatic hydroxyl groups is 1. The lowest BCUT2D eigenvalue weighted by atomic mass is 10.00. The normalized spacial score (nSPS) is 15.5. The van der Waals surface area contributed by atoms with E-state index in [-0.39, 0.29) is 139 Å². The van der Waals surface area contributed by atoms with Crippen molar-refractivity contribution >= 4 is 88.9 Å². The zero-order valence-corrected chi connectivity index (χ0v) is 51.4. The molecule has 1 saturated heterocycles. The maximum atomic E-state index is 14.5. The Morgan fingerprint density at radius 3 is 1.43 bits per heavy atom. The van der Waals surface area contributed by atoms with E-state index in [1.807, 2.05) is 0 Å². The summed E-state index contributed by atoms with van der Waals surface area (Å²) in [6, 6.07) is -8.77. The molecule has 31 N–H and O–H groups in total. The summed E-state index contributed by atoms with van der Waals surface area (Å²) >= 11 is 0. The van der Waals surface area contributed by atoms with Crippen molar-refractivity contribution in [2.24, 2.45) is 83.2 Å². The van der Waals surface area contributed by atoms with Gasteiger partial charge in [-0.2, -0.15) is 0 Å². The van der Waals surface area contributed by atoms with Crippen LogP contribution in [0.4, 0.5) is 0 Å². The smallest absolute Gasteiger partial charge is 0.326 e. The lowest BCUT2D eigenvalue weighted by Crippen LogP contribution is -2.60. The average molecular weight is 1290 g/mol. The van der Waals surface area contributed by atoms with E-state index in [0.717, 1.165) is 4.90 Å². The number of aliphatic hydroxyl groups excluding tert-OH is 1. The number of carbonyl (C=O) groups excluding carboxylic acids is 10. The maximum absolute atomic E-state index is 14.5. The highest BCUT2D eigenvalue weighted by Crippen LogP contribution is 2.21. The third kappa shape index (κ3) is 29.8. The molecule has 0 unspecified atom stereocenters. The highest BCUT2D eigenvalue weighted by Gasteiger charge is 2.41. The fraction of sp³-hybridized carbons (Fsp3) is 0.611. The van der Waals surface area contributed by atoms with Crippen LogP contribution in [0.15, 0.2) is 44.2 Å². The van der Waals surface area contributed by atoms with Crippen molar-refractivity contribution in [3.05, 3.63) is 29.8 Å². The molecule has 10 atom stereocenters. The number of carboxylic acid groups (broad SMARTS) is 1. The second kappa shape index (κ2) is 40.0. The number of likely N-dealkylation sites (tertiary alicyclic amines) is 1. The first-order valence-electron chi connectivity index (χ1n) is 29.4. The highest BCUT2D eigenvalue weighted by molar-refractivity contribution is 6.00. The van der Waals surface area contributed by atoms with Crippen LogP contribution < -0.4 is 99.9 Å². The number of amides is 10. The van der Waals surface area contributed by atoms with Gasteiger partial charge in [0.1, 0.15) is 60.1 Å². The summed E-state index contributed by atoms with van der Waals surface area (Å²) in [4.78, 5) is 167. The van der Waals surface area contributed by atoms with Crippen molar-refractivity contribution < 1.29 is 68.1 Å². The second-order valence-corrected chi connectivity index (χ2v) is 21.9. The monoisotopic (exact) mass is 1290 g/mol. The number of aliphatic carboxylic acids is 1. The van der Waals surface area contributed by atoms with E-state index in [1.165, 1.54) is 31.2 Å². The first-order chi connectivity index (χ1) is 42.8. The van der Waals surface area contributed by atoms with Crippen LogP contribution in [0.2, 0.25) is 0 Å². The van der Waals surface area contributed by atoms with Gasteiger partial charge in [-0.15, -0.1) is 0 Å². The van der Waals surface area contributed by atoms with Crippen molar-refractivity contribution in [1.82, 2.24) is 47.4 Å². The van der Waals surface area contributed by atoms with E-state index in [4.69, 9.17) is 57.3 Å². The number of primary amides is 1. The Hall–Kier alpha value is -9.81. The first-order valence-corrected chi connectivity index (χ1v) is 29.4. The Morgan fingerprint density at radius 1 is 0.527 bits per heavy atom. The van der Waals surface area contributed by atoms with Crippen LogP contribution in [0.1, 0.15) is 103 Å². The van der Waals surface area contributed by atoms with Gasteiger partial charge in [-0.05, 0) is 101 Å². The van der Waals surface area contributed by atoms with Crippen LogP contribution in [0.5, 0.6) is 5.75 Å². The largest absolute Gasteiger partial charge is 0.508 e. The van der Waals surface area contributed by atoms with E-state index >= 15 is 0 Å². The van der Waals surface area contributed by atoms with Gasteiger partial charge < -0.3 is 120 Å². The number of benzene rings is 1. The van der Waals surface area contributed by atoms with Crippen LogP contribution in [0, 0.1) is 5.92 Å². The molecular weight excluding hydrogens is 1190 g/mol. The molecule has 91 heavy (non-hydrogen) atoms. The van der Waals surface area contributed by atoms with Crippen molar-refractivity contribution in [2.75, 3.05) is 39.3 Å². The van der Waals surface area contributed by atoms with Gasteiger partial charge in [-0.3, -0.25) is 67.9 Å². The molecule has 37 heteroatoms. The minimum atomic E-state index is -1.75. The summed E-state index contributed by atoms with van der Waals surface area (Å²) in [6.07, 6.45) is -0.490. The number of rotatable bonds is 41.